The predicted octanol–water partition coefficient (Wildman–Crippen LogP) is 3.80. The van der Waals surface area contributed by atoms with Gasteiger partial charge in [0.2, 0.25) is 5.82 Å². The number of nitrogens with one attached hydrogen (secondary N) is 2. The monoisotopic (exact) mass is 499 g/mol. The number of anilines is 1. The first-order valence-electron chi connectivity index (χ1n) is 11.6. The van der Waals surface area contributed by atoms with E-state index in [1.54, 1.807) is 42.5 Å². The molecule has 4 N–H and O–H groups in total. The Bertz CT molecular complexity index is 1520. The van der Waals surface area contributed by atoms with Crippen LogP contribution in [0.25, 0.3) is 22.6 Å². The third-order valence-electron chi connectivity index (χ3n) is 5.66. The fourth-order valence-electron chi connectivity index (χ4n) is 3.81. The number of aromatic nitrogens is 4. The molecule has 1 amide bonds. The lowest BCUT2D eigenvalue weighted by molar-refractivity contribution is 0.102. The van der Waals surface area contributed by atoms with Gasteiger partial charge < -0.3 is 19.9 Å². The Morgan fingerprint density at radius 3 is 2.54 bits per heavy atom. The average molecular weight is 500 g/mol. The number of aromatic amines is 1. The van der Waals surface area contributed by atoms with Crippen LogP contribution < -0.4 is 15.5 Å². The Morgan fingerprint density at radius 2 is 1.78 bits per heavy atom. The number of rotatable bonds is 9. The molecule has 0 radical (unpaired) electrons. The Labute approximate surface area is 211 Å². The van der Waals surface area contributed by atoms with Crippen LogP contribution >= 0.6 is 0 Å². The van der Waals surface area contributed by atoms with Crippen LogP contribution in [0, 0.1) is 0 Å². The third-order valence-corrected chi connectivity index (χ3v) is 5.66. The number of hydrogen-bond donors (Lipinski definition) is 2. The molecule has 5 aromatic rings. The minimum absolute atomic E-state index is 0. The largest absolute Gasteiger partial charge is 0.494 e. The van der Waals surface area contributed by atoms with Crippen LogP contribution in [0.15, 0.2) is 88.1 Å². The van der Waals surface area contributed by atoms with E-state index >= 15 is 0 Å². The maximum absolute atomic E-state index is 12.9. The summed E-state index contributed by atoms with van der Waals surface area (Å²) < 4.78 is 11.7. The molecule has 0 fully saturated rings. The highest BCUT2D eigenvalue weighted by molar-refractivity contribution is 6.08. The van der Waals surface area contributed by atoms with Crippen LogP contribution in [-0.2, 0) is 6.42 Å². The van der Waals surface area contributed by atoms with Crippen molar-refractivity contribution < 1.29 is 19.4 Å². The molecule has 3 aromatic carbocycles. The van der Waals surface area contributed by atoms with Crippen molar-refractivity contribution in [3.05, 3.63) is 100 Å². The van der Waals surface area contributed by atoms with E-state index in [9.17, 15) is 9.59 Å². The van der Waals surface area contributed by atoms with Crippen LogP contribution in [-0.4, -0.2) is 38.6 Å². The SMILES string of the molecule is O.O=C(Nc1cccc2c(=O)cc(-c3nn[nH]n3)oc12)c1ccc(OCCCCc2ccccc2)cc1. The summed E-state index contributed by atoms with van der Waals surface area (Å²) >= 11 is 0. The van der Waals surface area contributed by atoms with Crippen molar-refractivity contribution >= 4 is 22.6 Å². The average Bonchev–Trinajstić information content (AvgIpc) is 3.45. The lowest BCUT2D eigenvalue weighted by atomic mass is 10.1. The minimum Gasteiger partial charge on any atom is -0.494 e. The number of para-hydroxylation sites is 1. The quantitative estimate of drug-likeness (QED) is 0.292. The van der Waals surface area contributed by atoms with E-state index in [1.807, 2.05) is 18.2 Å². The summed E-state index contributed by atoms with van der Waals surface area (Å²) in [5.41, 5.74) is 2.08. The molecule has 0 spiro atoms. The van der Waals surface area contributed by atoms with Crippen LogP contribution in [0.5, 0.6) is 5.75 Å². The number of nitrogens with zero attached hydrogens (tertiary/aromatic N) is 3. The molecule has 0 aliphatic carbocycles. The van der Waals surface area contributed by atoms with Gasteiger partial charge in [-0.2, -0.15) is 5.21 Å². The molecule has 0 bridgehead atoms. The van der Waals surface area contributed by atoms with E-state index in [-0.39, 0.29) is 34.0 Å². The zero-order valence-electron chi connectivity index (χ0n) is 19.8. The van der Waals surface area contributed by atoms with Crippen molar-refractivity contribution in [1.29, 1.82) is 0 Å². The lowest BCUT2D eigenvalue weighted by Crippen LogP contribution is -2.13. The lowest BCUT2D eigenvalue weighted by Gasteiger charge is -2.10. The number of carbonyl (C=O) groups is 1. The highest BCUT2D eigenvalue weighted by Gasteiger charge is 2.15. The fourth-order valence-corrected chi connectivity index (χ4v) is 3.81. The molecule has 0 unspecified atom stereocenters. The Morgan fingerprint density at radius 1 is 0.973 bits per heavy atom. The van der Waals surface area contributed by atoms with Gasteiger partial charge in [0.15, 0.2) is 16.8 Å². The van der Waals surface area contributed by atoms with E-state index in [4.69, 9.17) is 9.15 Å². The second-order valence-electron chi connectivity index (χ2n) is 8.16. The number of amides is 1. The number of unbranched alkanes of at least 4 members (excludes halogenated alkanes) is 1. The van der Waals surface area contributed by atoms with E-state index in [1.165, 1.54) is 11.6 Å². The summed E-state index contributed by atoms with van der Waals surface area (Å²) in [6.07, 6.45) is 3.00. The van der Waals surface area contributed by atoms with Crippen molar-refractivity contribution in [2.75, 3.05) is 11.9 Å². The maximum Gasteiger partial charge on any atom is 0.255 e. The first-order valence-corrected chi connectivity index (χ1v) is 11.6. The van der Waals surface area contributed by atoms with Gasteiger partial charge in [0, 0.05) is 11.6 Å². The van der Waals surface area contributed by atoms with Crippen LogP contribution in [0.4, 0.5) is 5.69 Å². The topological polar surface area (TPSA) is 154 Å². The van der Waals surface area contributed by atoms with Crippen LogP contribution in [0.2, 0.25) is 0 Å². The first kappa shape index (κ1) is 25.3. The molecule has 0 aliphatic rings. The fraction of sp³-hybridized carbons (Fsp3) is 0.148. The van der Waals surface area contributed by atoms with E-state index in [0.29, 0.717) is 29.0 Å². The number of ether oxygens (including phenoxy) is 1. The number of carbonyl (C=O) groups excluding carboxylic acids is 1. The van der Waals surface area contributed by atoms with Gasteiger partial charge in [-0.25, -0.2) is 0 Å². The van der Waals surface area contributed by atoms with Crippen molar-refractivity contribution in [2.24, 2.45) is 0 Å². The van der Waals surface area contributed by atoms with Gasteiger partial charge in [-0.3, -0.25) is 9.59 Å². The second kappa shape index (κ2) is 11.7. The Balaban J connectivity index is 0.00000320. The highest BCUT2D eigenvalue weighted by atomic mass is 16.5. The van der Waals surface area contributed by atoms with Gasteiger partial charge in [0.1, 0.15) is 5.75 Å². The number of tetrazole rings is 1. The predicted molar refractivity (Wildman–Crippen MR) is 139 cm³/mol. The molecule has 0 saturated heterocycles. The molecule has 0 aliphatic heterocycles. The summed E-state index contributed by atoms with van der Waals surface area (Å²) in [5.74, 6) is 0.649. The van der Waals surface area contributed by atoms with Gasteiger partial charge in [0.25, 0.3) is 5.91 Å². The molecule has 5 rings (SSSR count). The van der Waals surface area contributed by atoms with Crippen LogP contribution in [0.1, 0.15) is 28.8 Å². The molecule has 10 nitrogen and oxygen atoms in total. The summed E-state index contributed by atoms with van der Waals surface area (Å²) in [6, 6.07) is 23.6. The van der Waals surface area contributed by atoms with Crippen molar-refractivity contribution in [3.63, 3.8) is 0 Å². The van der Waals surface area contributed by atoms with Gasteiger partial charge in [-0.1, -0.05) is 36.4 Å². The zero-order valence-corrected chi connectivity index (χ0v) is 19.8. The molecule has 2 heterocycles. The van der Waals surface area contributed by atoms with Gasteiger partial charge in [-0.15, -0.1) is 10.2 Å². The zero-order chi connectivity index (χ0) is 24.7. The summed E-state index contributed by atoms with van der Waals surface area (Å²) in [5, 5.41) is 16.7. The standard InChI is InChI=1S/C27H23N5O4.H2O/c33-23-17-24(26-29-31-32-30-26)36-25-21(23)10-6-11-22(25)28-27(34)19-12-14-20(15-13-19)35-16-5-4-9-18-7-2-1-3-8-18;/h1-3,6-8,10-15,17H,4-5,9,16H2,(H,28,34)(H,29,30,31,32);1H2. The van der Waals surface area contributed by atoms with Gasteiger partial charge >= 0.3 is 0 Å². The highest BCUT2D eigenvalue weighted by Crippen LogP contribution is 2.26. The van der Waals surface area contributed by atoms with E-state index in [0.717, 1.165) is 19.3 Å². The van der Waals surface area contributed by atoms with Crippen molar-refractivity contribution in [2.45, 2.75) is 19.3 Å². The smallest absolute Gasteiger partial charge is 0.255 e. The third kappa shape index (κ3) is 6.06. The molecule has 2 aromatic heterocycles. The van der Waals surface area contributed by atoms with E-state index < -0.39 is 0 Å². The molecule has 0 saturated carbocycles. The number of H-pyrrole nitrogens is 1. The first-order chi connectivity index (χ1) is 17.7. The van der Waals surface area contributed by atoms with Crippen molar-refractivity contribution in [3.8, 4) is 17.3 Å². The molecule has 37 heavy (non-hydrogen) atoms. The van der Waals surface area contributed by atoms with Crippen molar-refractivity contribution in [1.82, 2.24) is 20.6 Å². The van der Waals surface area contributed by atoms with Crippen LogP contribution in [0.3, 0.4) is 0 Å². The summed E-state index contributed by atoms with van der Waals surface area (Å²) in [4.78, 5) is 25.5. The Kier molecular flexibility index (Phi) is 8.01. The number of benzene rings is 3. The summed E-state index contributed by atoms with van der Waals surface area (Å²) in [7, 11) is 0. The molecule has 0 atom stereocenters. The van der Waals surface area contributed by atoms with Gasteiger partial charge in [0.05, 0.1) is 17.7 Å². The summed E-state index contributed by atoms with van der Waals surface area (Å²) in [6.45, 7) is 0.607. The number of fused-ring (bicyclic) bond motifs is 1. The Hall–Kier alpha value is -4.83. The maximum atomic E-state index is 12.9. The molecule has 188 valence electrons. The number of aryl methyl sites for hydroxylation is 1. The van der Waals surface area contributed by atoms with Gasteiger partial charge in [-0.05, 0) is 66.4 Å². The second-order valence-corrected chi connectivity index (χ2v) is 8.16. The number of hydrogen-bond acceptors (Lipinski definition) is 7. The minimum atomic E-state index is -0.343. The molecule has 10 heteroatoms. The van der Waals surface area contributed by atoms with E-state index in [2.05, 4.69) is 38.1 Å². The normalized spacial score (nSPS) is 10.6. The molecular weight excluding hydrogens is 474 g/mol. The molecular formula is C27H25N5O5.